The summed E-state index contributed by atoms with van der Waals surface area (Å²) in [4.78, 5) is 10.4. The van der Waals surface area contributed by atoms with Crippen LogP contribution in [0.1, 0.15) is 71.1 Å². The molecule has 0 unspecified atom stereocenters. The molecule has 26 heavy (non-hydrogen) atoms. The summed E-state index contributed by atoms with van der Waals surface area (Å²) in [6.07, 6.45) is 27.0. The molecule has 146 valence electrons. The molecule has 0 aromatic rings. The minimum atomic E-state index is -1.56. The van der Waals surface area contributed by atoms with E-state index in [4.69, 9.17) is 10.2 Å². The normalized spacial score (nSPS) is 13.4. The maximum Gasteiger partial charge on any atom is 0.374 e. The van der Waals surface area contributed by atoms with Crippen LogP contribution in [0.5, 0.6) is 0 Å². The Kier molecular flexibility index (Phi) is 16.1. The summed E-state index contributed by atoms with van der Waals surface area (Å²) in [5.74, 6) is -3.30. The van der Waals surface area contributed by atoms with E-state index < -0.39 is 17.5 Å². The van der Waals surface area contributed by atoms with Crippen molar-refractivity contribution < 1.29 is 20.1 Å². The van der Waals surface area contributed by atoms with Crippen molar-refractivity contribution in [2.24, 2.45) is 0 Å². The fraction of sp³-hybridized carbons (Fsp3) is 0.500. The van der Waals surface area contributed by atoms with Crippen molar-refractivity contribution in [2.45, 2.75) is 71.1 Å². The summed E-state index contributed by atoms with van der Waals surface area (Å²) in [5.41, 5.74) is 0. The largest absolute Gasteiger partial charge is 0.504 e. The molecule has 4 nitrogen and oxygen atoms in total. The lowest BCUT2D eigenvalue weighted by atomic mass is 10.1. The van der Waals surface area contributed by atoms with Crippen LogP contribution in [-0.4, -0.2) is 21.3 Å². The quantitative estimate of drug-likeness (QED) is 0.134. The summed E-state index contributed by atoms with van der Waals surface area (Å²) in [5, 5.41) is 26.6. The lowest BCUT2D eigenvalue weighted by Gasteiger charge is -2.00. The third-order valence-electron chi connectivity index (χ3n) is 3.87. The van der Waals surface area contributed by atoms with E-state index in [0.717, 1.165) is 12.5 Å². The molecule has 0 saturated carbocycles. The Morgan fingerprint density at radius 1 is 0.692 bits per heavy atom. The fourth-order valence-electron chi connectivity index (χ4n) is 2.34. The maximum atomic E-state index is 10.4. The standard InChI is InChI=1S/C22H34O4/c1-2-3-4-5-6-7-8-9-10-11-12-13-14-15-16-17-18-19-20(23)21(24)22(25)26/h12-19,23-24H,2-11H2,1H3,(H,25,26)/b13-12+,15-14+,17-16+,19-18+,21-20+. The number of aliphatic carboxylic acids is 1. The van der Waals surface area contributed by atoms with E-state index in [1.165, 1.54) is 63.9 Å². The topological polar surface area (TPSA) is 77.8 Å². The van der Waals surface area contributed by atoms with Crippen molar-refractivity contribution >= 4 is 5.97 Å². The number of allylic oxidation sites excluding steroid dienone is 8. The molecule has 0 heterocycles. The molecule has 0 aliphatic heterocycles. The van der Waals surface area contributed by atoms with Gasteiger partial charge in [-0.25, -0.2) is 4.79 Å². The van der Waals surface area contributed by atoms with Gasteiger partial charge in [-0.2, -0.15) is 0 Å². The van der Waals surface area contributed by atoms with Gasteiger partial charge < -0.3 is 15.3 Å². The molecular formula is C22H34O4. The zero-order valence-corrected chi connectivity index (χ0v) is 15.9. The molecule has 0 aliphatic rings. The minimum absolute atomic E-state index is 0.674. The number of hydrogen-bond donors (Lipinski definition) is 3. The van der Waals surface area contributed by atoms with E-state index in [0.29, 0.717) is 0 Å². The molecule has 0 aromatic heterocycles. The van der Waals surface area contributed by atoms with Gasteiger partial charge in [-0.1, -0.05) is 101 Å². The average Bonchev–Trinajstić information content (AvgIpc) is 2.63. The van der Waals surface area contributed by atoms with Crippen molar-refractivity contribution in [3.05, 3.63) is 60.1 Å². The van der Waals surface area contributed by atoms with Crippen LogP contribution in [-0.2, 0) is 4.79 Å². The predicted octanol–water partition coefficient (Wildman–Crippen LogP) is 6.54. The van der Waals surface area contributed by atoms with Crippen LogP contribution in [0.4, 0.5) is 0 Å². The SMILES string of the molecule is CCCCCCCCCCC/C=C/C=C/C=C/C=C/C(O)=C(\O)C(=O)O. The van der Waals surface area contributed by atoms with E-state index in [1.807, 2.05) is 18.2 Å². The molecule has 0 aliphatic carbocycles. The predicted molar refractivity (Wildman–Crippen MR) is 108 cm³/mol. The van der Waals surface area contributed by atoms with Crippen LogP contribution in [0.25, 0.3) is 0 Å². The van der Waals surface area contributed by atoms with Crippen LogP contribution >= 0.6 is 0 Å². The first-order chi connectivity index (χ1) is 12.6. The lowest BCUT2D eigenvalue weighted by Crippen LogP contribution is -2.02. The van der Waals surface area contributed by atoms with Crippen molar-refractivity contribution in [3.8, 4) is 0 Å². The Morgan fingerprint density at radius 3 is 1.77 bits per heavy atom. The molecule has 0 atom stereocenters. The number of carboxylic acids is 1. The van der Waals surface area contributed by atoms with Crippen molar-refractivity contribution in [1.82, 2.24) is 0 Å². The first-order valence-corrected chi connectivity index (χ1v) is 9.61. The molecular weight excluding hydrogens is 328 g/mol. The lowest BCUT2D eigenvalue weighted by molar-refractivity contribution is -0.135. The second-order valence-corrected chi connectivity index (χ2v) is 6.21. The van der Waals surface area contributed by atoms with Crippen molar-refractivity contribution in [3.63, 3.8) is 0 Å². The summed E-state index contributed by atoms with van der Waals surface area (Å²) in [6.45, 7) is 2.25. The molecule has 0 radical (unpaired) electrons. The van der Waals surface area contributed by atoms with Gasteiger partial charge in [0.25, 0.3) is 0 Å². The number of aliphatic hydroxyl groups is 2. The van der Waals surface area contributed by atoms with Gasteiger partial charge in [-0.05, 0) is 18.9 Å². The first-order valence-electron chi connectivity index (χ1n) is 9.61. The van der Waals surface area contributed by atoms with Crippen LogP contribution in [0, 0.1) is 0 Å². The van der Waals surface area contributed by atoms with Gasteiger partial charge >= 0.3 is 5.97 Å². The summed E-state index contributed by atoms with van der Waals surface area (Å²) in [7, 11) is 0. The highest BCUT2D eigenvalue weighted by Crippen LogP contribution is 2.10. The highest BCUT2D eigenvalue weighted by molar-refractivity contribution is 5.84. The zero-order chi connectivity index (χ0) is 19.5. The number of hydrogen-bond acceptors (Lipinski definition) is 3. The van der Waals surface area contributed by atoms with E-state index in [-0.39, 0.29) is 0 Å². The molecule has 0 bridgehead atoms. The van der Waals surface area contributed by atoms with Gasteiger partial charge in [0.2, 0.25) is 5.76 Å². The zero-order valence-electron chi connectivity index (χ0n) is 15.9. The van der Waals surface area contributed by atoms with E-state index in [9.17, 15) is 9.90 Å². The number of aliphatic hydroxyl groups excluding tert-OH is 2. The van der Waals surface area contributed by atoms with Crippen molar-refractivity contribution in [1.29, 1.82) is 0 Å². The second kappa shape index (κ2) is 17.6. The van der Waals surface area contributed by atoms with Gasteiger partial charge in [0.1, 0.15) is 0 Å². The Balaban J connectivity index is 3.68. The summed E-state index contributed by atoms with van der Waals surface area (Å²) < 4.78 is 0. The van der Waals surface area contributed by atoms with Gasteiger partial charge in [0, 0.05) is 0 Å². The third-order valence-corrected chi connectivity index (χ3v) is 3.87. The summed E-state index contributed by atoms with van der Waals surface area (Å²) >= 11 is 0. The number of unbranched alkanes of at least 4 members (excludes halogenated alkanes) is 9. The van der Waals surface area contributed by atoms with Gasteiger partial charge in [-0.3, -0.25) is 0 Å². The molecule has 0 amide bonds. The number of carboxylic acid groups (broad SMARTS) is 1. The molecule has 0 spiro atoms. The molecule has 3 N–H and O–H groups in total. The highest BCUT2D eigenvalue weighted by atomic mass is 16.4. The third kappa shape index (κ3) is 15.3. The van der Waals surface area contributed by atoms with Crippen LogP contribution < -0.4 is 0 Å². The van der Waals surface area contributed by atoms with Crippen LogP contribution in [0.15, 0.2) is 60.1 Å². The van der Waals surface area contributed by atoms with Gasteiger partial charge in [0.05, 0.1) is 0 Å². The Hall–Kier alpha value is -2.23. The molecule has 0 fully saturated rings. The van der Waals surface area contributed by atoms with Crippen LogP contribution in [0.3, 0.4) is 0 Å². The number of carbonyl (C=O) groups is 1. The van der Waals surface area contributed by atoms with E-state index in [1.54, 1.807) is 12.2 Å². The highest BCUT2D eigenvalue weighted by Gasteiger charge is 2.08. The Labute approximate surface area is 157 Å². The minimum Gasteiger partial charge on any atom is -0.504 e. The van der Waals surface area contributed by atoms with Gasteiger partial charge in [-0.15, -0.1) is 0 Å². The molecule has 4 heteroatoms. The Bertz CT molecular complexity index is 510. The molecule has 0 saturated heterocycles. The Morgan fingerprint density at radius 2 is 1.19 bits per heavy atom. The number of rotatable bonds is 15. The first kappa shape index (κ1) is 23.8. The fourth-order valence-corrected chi connectivity index (χ4v) is 2.34. The van der Waals surface area contributed by atoms with E-state index >= 15 is 0 Å². The monoisotopic (exact) mass is 362 g/mol. The average molecular weight is 363 g/mol. The van der Waals surface area contributed by atoms with E-state index in [2.05, 4.69) is 13.0 Å². The maximum absolute atomic E-state index is 10.4. The van der Waals surface area contributed by atoms with Crippen molar-refractivity contribution in [2.75, 3.05) is 0 Å². The second-order valence-electron chi connectivity index (χ2n) is 6.21. The smallest absolute Gasteiger partial charge is 0.374 e. The van der Waals surface area contributed by atoms with Gasteiger partial charge in [0.15, 0.2) is 5.76 Å². The molecule has 0 aromatic carbocycles. The summed E-state index contributed by atoms with van der Waals surface area (Å²) in [6, 6.07) is 0. The molecule has 0 rings (SSSR count). The van der Waals surface area contributed by atoms with Crippen LogP contribution in [0.2, 0.25) is 0 Å².